The van der Waals surface area contributed by atoms with Crippen LogP contribution in [0.5, 0.6) is 0 Å². The van der Waals surface area contributed by atoms with Crippen molar-refractivity contribution >= 4 is 11.9 Å². The Morgan fingerprint density at radius 1 is 0.861 bits per heavy atom. The molecule has 4 nitrogen and oxygen atoms in total. The molecule has 0 amide bonds. The molecule has 0 radical (unpaired) electrons. The molecule has 206 valence electrons. The van der Waals surface area contributed by atoms with Gasteiger partial charge in [0.15, 0.2) is 0 Å². The molecule has 4 saturated carbocycles. The molecule has 4 fully saturated rings. The van der Waals surface area contributed by atoms with E-state index in [1.807, 2.05) is 13.8 Å². The topological polar surface area (TPSA) is 52.6 Å². The van der Waals surface area contributed by atoms with Crippen LogP contribution in [-0.2, 0) is 19.1 Å². The molecule has 0 aromatic rings. The third kappa shape index (κ3) is 3.73. The van der Waals surface area contributed by atoms with Crippen LogP contribution < -0.4 is 0 Å². The van der Waals surface area contributed by atoms with Crippen LogP contribution in [0.2, 0.25) is 0 Å². The summed E-state index contributed by atoms with van der Waals surface area (Å²) >= 11 is 0. The molecule has 0 N–H and O–H groups in total. The van der Waals surface area contributed by atoms with Gasteiger partial charge in [-0.1, -0.05) is 41.5 Å². The van der Waals surface area contributed by atoms with Crippen LogP contribution in [-0.4, -0.2) is 26.2 Å². The Morgan fingerprint density at radius 2 is 1.53 bits per heavy atom. The van der Waals surface area contributed by atoms with Crippen LogP contribution in [0.3, 0.4) is 0 Å². The van der Waals surface area contributed by atoms with Crippen molar-refractivity contribution in [2.45, 2.75) is 113 Å². The number of carbonyl (C=O) groups is 2. The van der Waals surface area contributed by atoms with Crippen LogP contribution in [0.1, 0.15) is 113 Å². The van der Waals surface area contributed by atoms with Gasteiger partial charge in [0.2, 0.25) is 0 Å². The van der Waals surface area contributed by atoms with E-state index in [-0.39, 0.29) is 34.1 Å². The predicted molar refractivity (Wildman–Crippen MR) is 144 cm³/mol. The maximum absolute atomic E-state index is 13.0. The summed E-state index contributed by atoms with van der Waals surface area (Å²) in [4.78, 5) is 25.9. The summed E-state index contributed by atoms with van der Waals surface area (Å²) in [7, 11) is 2.99. The molecular weight excluding hydrogens is 448 g/mol. The summed E-state index contributed by atoms with van der Waals surface area (Å²) in [6, 6.07) is 0. The molecule has 0 heterocycles. The first-order valence-electron chi connectivity index (χ1n) is 14.8. The van der Waals surface area contributed by atoms with Crippen LogP contribution >= 0.6 is 0 Å². The fourth-order valence-electron chi connectivity index (χ4n) is 11.3. The summed E-state index contributed by atoms with van der Waals surface area (Å²) < 4.78 is 10.6. The Kier molecular flexibility index (Phi) is 7.00. The second kappa shape index (κ2) is 9.01. The average Bonchev–Trinajstić information content (AvgIpc) is 3.16. The van der Waals surface area contributed by atoms with Crippen molar-refractivity contribution in [3.63, 3.8) is 0 Å². The molecule has 0 aromatic carbocycles. The first kappa shape index (κ1) is 28.0. The van der Waals surface area contributed by atoms with Crippen molar-refractivity contribution in [2.24, 2.45) is 62.6 Å². The lowest BCUT2D eigenvalue weighted by Gasteiger charge is -2.71. The second-order valence-electron chi connectivity index (χ2n) is 15.3. The molecule has 4 heteroatoms. The van der Waals surface area contributed by atoms with Gasteiger partial charge in [-0.05, 0) is 122 Å². The molecule has 4 aliphatic rings. The highest BCUT2D eigenvalue weighted by molar-refractivity contribution is 5.77. The fraction of sp³-hybridized carbons (Fsp3) is 0.938. The summed E-state index contributed by atoms with van der Waals surface area (Å²) in [5.41, 5.74) is -0.0561. The third-order valence-corrected chi connectivity index (χ3v) is 13.4. The lowest BCUT2D eigenvalue weighted by Crippen LogP contribution is -2.65. The van der Waals surface area contributed by atoms with E-state index >= 15 is 0 Å². The van der Waals surface area contributed by atoms with Gasteiger partial charge in [-0.25, -0.2) is 0 Å². The number of esters is 2. The first-order chi connectivity index (χ1) is 16.6. The van der Waals surface area contributed by atoms with Gasteiger partial charge in [-0.2, -0.15) is 0 Å². The van der Waals surface area contributed by atoms with Crippen LogP contribution in [0, 0.1) is 62.6 Å². The zero-order valence-corrected chi connectivity index (χ0v) is 25.0. The van der Waals surface area contributed by atoms with Gasteiger partial charge in [0.1, 0.15) is 0 Å². The van der Waals surface area contributed by atoms with Gasteiger partial charge in [-0.15, -0.1) is 0 Å². The number of hydrogen-bond donors (Lipinski definition) is 0. The molecule has 0 aromatic heterocycles. The Morgan fingerprint density at radius 3 is 2.11 bits per heavy atom. The first-order valence-corrected chi connectivity index (χ1v) is 14.8. The zero-order chi connectivity index (χ0) is 26.9. The van der Waals surface area contributed by atoms with E-state index < -0.39 is 5.41 Å². The van der Waals surface area contributed by atoms with Gasteiger partial charge < -0.3 is 9.47 Å². The quantitative estimate of drug-likeness (QED) is 0.362. The smallest absolute Gasteiger partial charge is 0.311 e. The minimum atomic E-state index is -0.643. The number of hydrogen-bond acceptors (Lipinski definition) is 4. The van der Waals surface area contributed by atoms with Gasteiger partial charge in [0.05, 0.1) is 26.1 Å². The molecule has 0 bridgehead atoms. The lowest BCUT2D eigenvalue weighted by atomic mass is 9.33. The monoisotopic (exact) mass is 502 g/mol. The van der Waals surface area contributed by atoms with E-state index in [1.54, 1.807) is 0 Å². The minimum Gasteiger partial charge on any atom is -0.469 e. The molecular formula is C32H54O4. The van der Waals surface area contributed by atoms with E-state index in [2.05, 4.69) is 41.5 Å². The Labute approximate surface area is 221 Å². The lowest BCUT2D eigenvalue weighted by molar-refractivity contribution is -0.232. The summed E-state index contributed by atoms with van der Waals surface area (Å²) in [5, 5.41) is 0. The predicted octanol–water partition coefficient (Wildman–Crippen LogP) is 7.69. The van der Waals surface area contributed by atoms with Crippen LogP contribution in [0.15, 0.2) is 0 Å². The largest absolute Gasteiger partial charge is 0.469 e. The van der Waals surface area contributed by atoms with E-state index in [1.165, 1.54) is 46.3 Å². The van der Waals surface area contributed by atoms with Crippen molar-refractivity contribution in [1.29, 1.82) is 0 Å². The Balaban J connectivity index is 1.78. The number of carbonyl (C=O) groups excluding carboxylic acids is 2. The molecule has 0 aliphatic heterocycles. The SMILES string of the molecule is COC(=O)C[C@@]1(C)[C@H](C(C)(C)C(=O)OC)CC[C@]2(C)[C@H]1CC[C@@H]1[C@H]3[C@H](C(C)C)CC[C@@]3(C)CC[C@]12C. The number of rotatable bonds is 5. The summed E-state index contributed by atoms with van der Waals surface area (Å²) in [6.45, 7) is 19.1. The van der Waals surface area contributed by atoms with Crippen molar-refractivity contribution < 1.29 is 19.1 Å². The second-order valence-corrected chi connectivity index (χ2v) is 15.3. The highest BCUT2D eigenvalue weighted by Crippen LogP contribution is 2.76. The van der Waals surface area contributed by atoms with E-state index in [0.717, 1.165) is 42.9 Å². The molecule has 9 atom stereocenters. The zero-order valence-electron chi connectivity index (χ0n) is 25.0. The highest BCUT2D eigenvalue weighted by atomic mass is 16.5. The number of methoxy groups -OCH3 is 2. The van der Waals surface area contributed by atoms with Gasteiger partial charge >= 0.3 is 11.9 Å². The fourth-order valence-corrected chi connectivity index (χ4v) is 11.3. The molecule has 0 saturated heterocycles. The highest BCUT2D eigenvalue weighted by Gasteiger charge is 2.70. The summed E-state index contributed by atoms with van der Waals surface area (Å²) in [6.07, 6.45) is 10.3. The average molecular weight is 503 g/mol. The molecule has 4 aliphatic carbocycles. The minimum absolute atomic E-state index is 0.0820. The molecule has 0 unspecified atom stereocenters. The van der Waals surface area contributed by atoms with Gasteiger partial charge in [0, 0.05) is 0 Å². The van der Waals surface area contributed by atoms with E-state index in [9.17, 15) is 9.59 Å². The third-order valence-electron chi connectivity index (χ3n) is 13.4. The normalized spacial score (nSPS) is 46.5. The maximum Gasteiger partial charge on any atom is 0.311 e. The maximum atomic E-state index is 13.0. The van der Waals surface area contributed by atoms with Gasteiger partial charge in [-0.3, -0.25) is 9.59 Å². The van der Waals surface area contributed by atoms with Crippen molar-refractivity contribution in [2.75, 3.05) is 14.2 Å². The van der Waals surface area contributed by atoms with Crippen molar-refractivity contribution in [3.05, 3.63) is 0 Å². The number of ether oxygens (including phenoxy) is 2. The molecule has 0 spiro atoms. The number of fused-ring (bicyclic) bond motifs is 5. The molecule has 4 rings (SSSR count). The van der Waals surface area contributed by atoms with Gasteiger partial charge in [0.25, 0.3) is 0 Å². The van der Waals surface area contributed by atoms with E-state index in [4.69, 9.17) is 9.47 Å². The molecule has 36 heavy (non-hydrogen) atoms. The van der Waals surface area contributed by atoms with Crippen LogP contribution in [0.4, 0.5) is 0 Å². The summed E-state index contributed by atoms with van der Waals surface area (Å²) in [5.74, 6) is 3.29. The standard InChI is InChI=1S/C32H54O4/c1-20(2)21-13-15-29(5)17-18-31(7)22(26(21)29)11-12-24-30(6,19-25(33)35-9)23(14-16-32(24,31)8)28(3,4)27(34)36-10/h20-24,26H,11-19H2,1-10H3/t21-,22+,23-,24-,26+,29-,30-,31+,32+/m0/s1. The van der Waals surface area contributed by atoms with E-state index in [0.29, 0.717) is 17.8 Å². The van der Waals surface area contributed by atoms with Crippen LogP contribution in [0.25, 0.3) is 0 Å². The van der Waals surface area contributed by atoms with Crippen molar-refractivity contribution in [1.82, 2.24) is 0 Å². The van der Waals surface area contributed by atoms with Crippen molar-refractivity contribution in [3.8, 4) is 0 Å². The Bertz CT molecular complexity index is 877. The Hall–Kier alpha value is -1.06.